The van der Waals surface area contributed by atoms with Crippen LogP contribution in [0.3, 0.4) is 0 Å². The summed E-state index contributed by atoms with van der Waals surface area (Å²) in [5.41, 5.74) is 1.18. The summed E-state index contributed by atoms with van der Waals surface area (Å²) in [4.78, 5) is 9.67. The molecule has 2 nitrogen and oxygen atoms in total. The van der Waals surface area contributed by atoms with E-state index in [-0.39, 0.29) is 0 Å². The minimum atomic E-state index is 0.666. The summed E-state index contributed by atoms with van der Waals surface area (Å²) in [6, 6.07) is 0. The number of carbonyl (C=O) groups is 1. The van der Waals surface area contributed by atoms with E-state index in [1.807, 2.05) is 13.8 Å². The number of allylic oxidation sites excluding steroid dienone is 1. The lowest BCUT2D eigenvalue weighted by molar-refractivity contribution is -0.108. The molecule has 0 saturated heterocycles. The monoisotopic (exact) mass is 113 g/mol. The van der Waals surface area contributed by atoms with Crippen LogP contribution in [0.1, 0.15) is 20.3 Å². The summed E-state index contributed by atoms with van der Waals surface area (Å²) in [7, 11) is 0. The van der Waals surface area contributed by atoms with Gasteiger partial charge in [-0.2, -0.15) is 0 Å². The fourth-order valence-corrected chi connectivity index (χ4v) is 0.278. The van der Waals surface area contributed by atoms with Crippen molar-refractivity contribution < 1.29 is 4.79 Å². The van der Waals surface area contributed by atoms with Crippen LogP contribution in [0.5, 0.6) is 0 Å². The summed E-state index contributed by atoms with van der Waals surface area (Å²) in [6.45, 7) is 4.01. The Kier molecular flexibility index (Phi) is 3.94. The molecule has 0 atom stereocenters. The van der Waals surface area contributed by atoms with E-state index < -0.39 is 0 Å². The number of carbonyl (C=O) groups excluding carboxylic acids is 1. The molecule has 0 spiro atoms. The maximum atomic E-state index is 9.67. The topological polar surface area (TPSA) is 29.1 Å². The molecule has 0 aromatic rings. The normalized spacial score (nSPS) is 11.0. The lowest BCUT2D eigenvalue weighted by atomic mass is 10.3. The standard InChI is InChI=1S/C6H11NO/c1-3-6(2)4-7-5-8/h4-5H,3H2,1-2H3,(H,7,8). The van der Waals surface area contributed by atoms with Crippen LogP contribution in [-0.2, 0) is 4.79 Å². The predicted octanol–water partition coefficient (Wildman–Crippen LogP) is 1.05. The number of hydrogen-bond acceptors (Lipinski definition) is 1. The van der Waals surface area contributed by atoms with Crippen LogP contribution in [0.2, 0.25) is 0 Å². The van der Waals surface area contributed by atoms with Crippen molar-refractivity contribution in [2.24, 2.45) is 0 Å². The Morgan fingerprint density at radius 3 is 2.75 bits per heavy atom. The van der Waals surface area contributed by atoms with Crippen molar-refractivity contribution in [1.29, 1.82) is 0 Å². The van der Waals surface area contributed by atoms with Gasteiger partial charge in [0.2, 0.25) is 6.41 Å². The minimum absolute atomic E-state index is 0.666. The van der Waals surface area contributed by atoms with E-state index in [2.05, 4.69) is 5.32 Å². The third kappa shape index (κ3) is 3.40. The molecule has 46 valence electrons. The third-order valence-corrected chi connectivity index (χ3v) is 0.955. The predicted molar refractivity (Wildman–Crippen MR) is 33.2 cm³/mol. The van der Waals surface area contributed by atoms with Gasteiger partial charge in [0.1, 0.15) is 0 Å². The van der Waals surface area contributed by atoms with Crippen LogP contribution in [0.25, 0.3) is 0 Å². The lowest BCUT2D eigenvalue weighted by Crippen LogP contribution is -1.99. The Balaban J connectivity index is 3.40. The maximum Gasteiger partial charge on any atom is 0.211 e. The van der Waals surface area contributed by atoms with Gasteiger partial charge < -0.3 is 5.32 Å². The Hall–Kier alpha value is -0.790. The molecule has 0 fully saturated rings. The molecule has 0 aliphatic carbocycles. The number of nitrogens with one attached hydrogen (secondary N) is 1. The fourth-order valence-electron chi connectivity index (χ4n) is 0.278. The van der Waals surface area contributed by atoms with Gasteiger partial charge in [0.25, 0.3) is 0 Å². The second-order valence-corrected chi connectivity index (χ2v) is 1.63. The van der Waals surface area contributed by atoms with E-state index in [0.29, 0.717) is 6.41 Å². The van der Waals surface area contributed by atoms with E-state index >= 15 is 0 Å². The maximum absolute atomic E-state index is 9.67. The first kappa shape index (κ1) is 7.21. The highest BCUT2D eigenvalue weighted by atomic mass is 16.1. The first-order chi connectivity index (χ1) is 3.81. The molecule has 0 radical (unpaired) electrons. The fraction of sp³-hybridized carbons (Fsp3) is 0.500. The number of hydrogen-bond donors (Lipinski definition) is 1. The van der Waals surface area contributed by atoms with Crippen molar-refractivity contribution in [2.45, 2.75) is 20.3 Å². The molecule has 0 aromatic heterocycles. The number of amides is 1. The molecule has 0 aliphatic rings. The molecule has 1 amide bonds. The van der Waals surface area contributed by atoms with Gasteiger partial charge in [0, 0.05) is 6.20 Å². The Labute approximate surface area is 49.6 Å². The van der Waals surface area contributed by atoms with Gasteiger partial charge in [-0.25, -0.2) is 0 Å². The Morgan fingerprint density at radius 1 is 1.75 bits per heavy atom. The zero-order valence-corrected chi connectivity index (χ0v) is 5.27. The molecule has 0 saturated carbocycles. The second kappa shape index (κ2) is 4.37. The van der Waals surface area contributed by atoms with Crippen LogP contribution in [0.4, 0.5) is 0 Å². The van der Waals surface area contributed by atoms with E-state index in [4.69, 9.17) is 0 Å². The molecule has 2 heteroatoms. The van der Waals surface area contributed by atoms with Gasteiger partial charge in [-0.05, 0) is 13.3 Å². The molecule has 8 heavy (non-hydrogen) atoms. The Morgan fingerprint density at radius 2 is 2.38 bits per heavy atom. The van der Waals surface area contributed by atoms with Gasteiger partial charge in [0.15, 0.2) is 0 Å². The highest BCUT2D eigenvalue weighted by molar-refractivity contribution is 5.48. The second-order valence-electron chi connectivity index (χ2n) is 1.63. The van der Waals surface area contributed by atoms with Crippen LogP contribution in [0, 0.1) is 0 Å². The summed E-state index contributed by atoms with van der Waals surface area (Å²) >= 11 is 0. The molecule has 0 unspecified atom stereocenters. The summed E-state index contributed by atoms with van der Waals surface area (Å²) in [6.07, 6.45) is 3.35. The lowest BCUT2D eigenvalue weighted by Gasteiger charge is -1.90. The van der Waals surface area contributed by atoms with Gasteiger partial charge in [-0.15, -0.1) is 0 Å². The summed E-state index contributed by atoms with van der Waals surface area (Å²) < 4.78 is 0. The van der Waals surface area contributed by atoms with Gasteiger partial charge in [-0.3, -0.25) is 4.79 Å². The SMILES string of the molecule is CCC(C)=CNC=O. The van der Waals surface area contributed by atoms with Gasteiger partial charge in [0.05, 0.1) is 0 Å². The first-order valence-corrected chi connectivity index (χ1v) is 2.66. The molecule has 0 rings (SSSR count). The minimum Gasteiger partial charge on any atom is -0.335 e. The van der Waals surface area contributed by atoms with Gasteiger partial charge >= 0.3 is 0 Å². The quantitative estimate of drug-likeness (QED) is 0.544. The highest BCUT2D eigenvalue weighted by Gasteiger charge is 1.78. The molecular formula is C6H11NO. The Bertz CT molecular complexity index is 96.7. The highest BCUT2D eigenvalue weighted by Crippen LogP contribution is 1.93. The molecule has 1 N–H and O–H groups in total. The smallest absolute Gasteiger partial charge is 0.211 e. The summed E-state index contributed by atoms with van der Waals surface area (Å²) in [5.74, 6) is 0. The average Bonchev–Trinajstić information content (AvgIpc) is 1.83. The molecule has 0 heterocycles. The zero-order chi connectivity index (χ0) is 6.41. The van der Waals surface area contributed by atoms with Crippen molar-refractivity contribution >= 4 is 6.41 Å². The van der Waals surface area contributed by atoms with E-state index in [0.717, 1.165) is 6.42 Å². The largest absolute Gasteiger partial charge is 0.335 e. The van der Waals surface area contributed by atoms with Gasteiger partial charge in [-0.1, -0.05) is 12.5 Å². The van der Waals surface area contributed by atoms with E-state index in [1.54, 1.807) is 6.20 Å². The third-order valence-electron chi connectivity index (χ3n) is 0.955. The molecule has 0 aromatic carbocycles. The summed E-state index contributed by atoms with van der Waals surface area (Å²) in [5, 5.41) is 2.46. The molecule has 0 bridgehead atoms. The van der Waals surface area contributed by atoms with Crippen molar-refractivity contribution in [2.75, 3.05) is 0 Å². The molecular weight excluding hydrogens is 102 g/mol. The first-order valence-electron chi connectivity index (χ1n) is 2.66. The van der Waals surface area contributed by atoms with Crippen LogP contribution in [0.15, 0.2) is 11.8 Å². The number of rotatable bonds is 3. The van der Waals surface area contributed by atoms with Crippen molar-refractivity contribution in [3.63, 3.8) is 0 Å². The van der Waals surface area contributed by atoms with Crippen molar-refractivity contribution in [3.8, 4) is 0 Å². The average molecular weight is 113 g/mol. The van der Waals surface area contributed by atoms with E-state index in [1.165, 1.54) is 5.57 Å². The van der Waals surface area contributed by atoms with Crippen molar-refractivity contribution in [1.82, 2.24) is 5.32 Å². The van der Waals surface area contributed by atoms with Crippen LogP contribution in [-0.4, -0.2) is 6.41 Å². The zero-order valence-electron chi connectivity index (χ0n) is 5.27. The van der Waals surface area contributed by atoms with Crippen LogP contribution >= 0.6 is 0 Å². The van der Waals surface area contributed by atoms with E-state index in [9.17, 15) is 4.79 Å². The van der Waals surface area contributed by atoms with Crippen molar-refractivity contribution in [3.05, 3.63) is 11.8 Å². The molecule has 0 aliphatic heterocycles. The van der Waals surface area contributed by atoms with Crippen LogP contribution < -0.4 is 5.32 Å².